The van der Waals surface area contributed by atoms with E-state index in [0.29, 0.717) is 18.7 Å². The smallest absolute Gasteiger partial charge is 0.258 e. The third-order valence-electron chi connectivity index (χ3n) is 4.12. The van der Waals surface area contributed by atoms with Crippen molar-refractivity contribution in [2.24, 2.45) is 0 Å². The molecule has 1 aliphatic heterocycles. The molecule has 1 heterocycles. The van der Waals surface area contributed by atoms with Crippen molar-refractivity contribution in [2.75, 3.05) is 26.2 Å². The first kappa shape index (κ1) is 17.2. The molecule has 0 spiro atoms. The fraction of sp³-hybridized carbons (Fsp3) is 0.222. The number of amides is 2. The van der Waals surface area contributed by atoms with Gasteiger partial charge < -0.3 is 14.9 Å². The molecule has 2 aromatic rings. The monoisotopic (exact) mass is 362 g/mol. The standard InChI is InChI=1S/C18H16ClFN2O3/c19-14-5-2-6-15(20)16(14)18(25)22-9-7-21(8-10-22)17(24)12-3-1-4-13(23)11-12/h1-6,11,23H,7-10H2. The minimum absolute atomic E-state index is 0.0221. The second-order valence-electron chi connectivity index (χ2n) is 5.73. The minimum atomic E-state index is -0.657. The van der Waals surface area contributed by atoms with Crippen LogP contribution in [0, 0.1) is 5.82 Å². The Labute approximate surface area is 149 Å². The first-order chi connectivity index (χ1) is 12.0. The van der Waals surface area contributed by atoms with Gasteiger partial charge in [0.15, 0.2) is 0 Å². The van der Waals surface area contributed by atoms with E-state index in [1.807, 2.05) is 0 Å². The van der Waals surface area contributed by atoms with E-state index in [0.717, 1.165) is 0 Å². The molecule has 2 amide bonds. The van der Waals surface area contributed by atoms with Crippen molar-refractivity contribution in [3.05, 3.63) is 64.4 Å². The number of hydrogen-bond donors (Lipinski definition) is 1. The molecule has 1 saturated heterocycles. The molecule has 3 rings (SSSR count). The van der Waals surface area contributed by atoms with Gasteiger partial charge in [-0.25, -0.2) is 4.39 Å². The van der Waals surface area contributed by atoms with Crippen molar-refractivity contribution in [3.63, 3.8) is 0 Å². The fourth-order valence-electron chi connectivity index (χ4n) is 2.79. The van der Waals surface area contributed by atoms with E-state index in [4.69, 9.17) is 11.6 Å². The Bertz CT molecular complexity index is 799. The van der Waals surface area contributed by atoms with Gasteiger partial charge in [-0.2, -0.15) is 0 Å². The summed E-state index contributed by atoms with van der Waals surface area (Å²) in [5.41, 5.74) is 0.244. The molecule has 5 nitrogen and oxygen atoms in total. The Morgan fingerprint density at radius 3 is 2.16 bits per heavy atom. The van der Waals surface area contributed by atoms with Gasteiger partial charge in [0.2, 0.25) is 0 Å². The summed E-state index contributed by atoms with van der Waals surface area (Å²) < 4.78 is 13.9. The predicted octanol–water partition coefficient (Wildman–Crippen LogP) is 2.78. The first-order valence-corrected chi connectivity index (χ1v) is 8.17. The lowest BCUT2D eigenvalue weighted by Gasteiger charge is -2.35. The third-order valence-corrected chi connectivity index (χ3v) is 4.44. The van der Waals surface area contributed by atoms with Crippen LogP contribution in [0.3, 0.4) is 0 Å². The summed E-state index contributed by atoms with van der Waals surface area (Å²) in [5, 5.41) is 9.55. The highest BCUT2D eigenvalue weighted by molar-refractivity contribution is 6.33. The van der Waals surface area contributed by atoms with Crippen LogP contribution in [-0.4, -0.2) is 52.9 Å². The lowest BCUT2D eigenvalue weighted by Crippen LogP contribution is -2.50. The van der Waals surface area contributed by atoms with Crippen LogP contribution in [0.15, 0.2) is 42.5 Å². The number of halogens is 2. The van der Waals surface area contributed by atoms with Gasteiger partial charge in [-0.15, -0.1) is 0 Å². The number of nitrogens with zero attached hydrogens (tertiary/aromatic N) is 2. The number of benzene rings is 2. The molecule has 0 bridgehead atoms. The number of aromatic hydroxyl groups is 1. The summed E-state index contributed by atoms with van der Waals surface area (Å²) in [6.45, 7) is 1.22. The van der Waals surface area contributed by atoms with Crippen molar-refractivity contribution in [3.8, 4) is 5.75 Å². The Kier molecular flexibility index (Phi) is 4.90. The maximum atomic E-state index is 13.9. The van der Waals surface area contributed by atoms with Gasteiger partial charge in [-0.3, -0.25) is 9.59 Å². The Morgan fingerprint density at radius 1 is 0.960 bits per heavy atom. The quantitative estimate of drug-likeness (QED) is 0.893. The molecule has 2 aromatic carbocycles. The molecule has 1 N–H and O–H groups in total. The molecule has 0 aliphatic carbocycles. The highest BCUT2D eigenvalue weighted by Gasteiger charge is 2.28. The molecule has 0 radical (unpaired) electrons. The van der Waals surface area contributed by atoms with Crippen molar-refractivity contribution in [2.45, 2.75) is 0 Å². The first-order valence-electron chi connectivity index (χ1n) is 7.79. The summed E-state index contributed by atoms with van der Waals surface area (Å²) in [6, 6.07) is 10.2. The molecule has 25 heavy (non-hydrogen) atoms. The number of carbonyl (C=O) groups excluding carboxylic acids is 2. The van der Waals surface area contributed by atoms with Gasteiger partial charge in [-0.1, -0.05) is 23.7 Å². The summed E-state index contributed by atoms with van der Waals surface area (Å²) >= 11 is 5.94. The second kappa shape index (κ2) is 7.11. The topological polar surface area (TPSA) is 60.9 Å². The Morgan fingerprint density at radius 2 is 1.56 bits per heavy atom. The van der Waals surface area contributed by atoms with Gasteiger partial charge in [0.1, 0.15) is 11.6 Å². The average Bonchev–Trinajstić information content (AvgIpc) is 2.61. The van der Waals surface area contributed by atoms with Crippen LogP contribution in [0.4, 0.5) is 4.39 Å². The van der Waals surface area contributed by atoms with Crippen molar-refractivity contribution >= 4 is 23.4 Å². The normalized spacial score (nSPS) is 14.5. The van der Waals surface area contributed by atoms with Crippen LogP contribution >= 0.6 is 11.6 Å². The summed E-state index contributed by atoms with van der Waals surface area (Å²) in [4.78, 5) is 28.0. The zero-order valence-electron chi connectivity index (χ0n) is 13.3. The largest absolute Gasteiger partial charge is 0.508 e. The molecular weight excluding hydrogens is 347 g/mol. The van der Waals surface area contributed by atoms with Crippen LogP contribution in [-0.2, 0) is 0 Å². The molecule has 130 valence electrons. The maximum absolute atomic E-state index is 13.9. The Balaban J connectivity index is 1.68. The Hall–Kier alpha value is -2.60. The van der Waals surface area contributed by atoms with Gasteiger partial charge in [0, 0.05) is 31.7 Å². The number of piperazine rings is 1. The van der Waals surface area contributed by atoms with E-state index >= 15 is 0 Å². The molecule has 0 unspecified atom stereocenters. The zero-order valence-corrected chi connectivity index (χ0v) is 14.0. The van der Waals surface area contributed by atoms with Crippen molar-refractivity contribution in [1.29, 1.82) is 0 Å². The lowest BCUT2D eigenvalue weighted by molar-refractivity contribution is 0.0532. The van der Waals surface area contributed by atoms with E-state index in [9.17, 15) is 19.1 Å². The molecule has 1 aliphatic rings. The van der Waals surface area contributed by atoms with E-state index in [1.165, 1.54) is 35.2 Å². The van der Waals surface area contributed by atoms with E-state index in [1.54, 1.807) is 17.0 Å². The third kappa shape index (κ3) is 3.58. The van der Waals surface area contributed by atoms with Gasteiger partial charge in [-0.05, 0) is 30.3 Å². The number of carbonyl (C=O) groups is 2. The number of rotatable bonds is 2. The van der Waals surface area contributed by atoms with Gasteiger partial charge >= 0.3 is 0 Å². The summed E-state index contributed by atoms with van der Waals surface area (Å²) in [7, 11) is 0. The molecule has 0 atom stereocenters. The SMILES string of the molecule is O=C(c1cccc(O)c1)N1CCN(C(=O)c2c(F)cccc2Cl)CC1. The molecule has 7 heteroatoms. The second-order valence-corrected chi connectivity index (χ2v) is 6.14. The van der Waals surface area contributed by atoms with Gasteiger partial charge in [0.05, 0.1) is 10.6 Å². The number of phenols is 1. The average molecular weight is 363 g/mol. The fourth-order valence-corrected chi connectivity index (χ4v) is 3.04. The molecule has 0 saturated carbocycles. The molecular formula is C18H16ClFN2O3. The number of phenolic OH excluding ortho intramolecular Hbond substituents is 1. The van der Waals surface area contributed by atoms with Crippen LogP contribution in [0.2, 0.25) is 5.02 Å². The van der Waals surface area contributed by atoms with Gasteiger partial charge in [0.25, 0.3) is 11.8 Å². The lowest BCUT2D eigenvalue weighted by atomic mass is 10.1. The maximum Gasteiger partial charge on any atom is 0.258 e. The highest BCUT2D eigenvalue weighted by Crippen LogP contribution is 2.22. The minimum Gasteiger partial charge on any atom is -0.508 e. The van der Waals surface area contributed by atoms with Crippen molar-refractivity contribution < 1.29 is 19.1 Å². The zero-order chi connectivity index (χ0) is 18.0. The van der Waals surface area contributed by atoms with Crippen LogP contribution in [0.1, 0.15) is 20.7 Å². The van der Waals surface area contributed by atoms with Crippen LogP contribution in [0.25, 0.3) is 0 Å². The van der Waals surface area contributed by atoms with E-state index in [-0.39, 0.29) is 35.3 Å². The van der Waals surface area contributed by atoms with E-state index < -0.39 is 11.7 Å². The van der Waals surface area contributed by atoms with E-state index in [2.05, 4.69) is 0 Å². The van der Waals surface area contributed by atoms with Crippen LogP contribution < -0.4 is 0 Å². The molecule has 1 fully saturated rings. The predicted molar refractivity (Wildman–Crippen MR) is 91.3 cm³/mol. The summed E-state index contributed by atoms with van der Waals surface area (Å²) in [6.07, 6.45) is 0. The van der Waals surface area contributed by atoms with Crippen LogP contribution in [0.5, 0.6) is 5.75 Å². The number of hydrogen-bond acceptors (Lipinski definition) is 3. The van der Waals surface area contributed by atoms with Crippen molar-refractivity contribution in [1.82, 2.24) is 9.80 Å². The molecule has 0 aromatic heterocycles. The highest BCUT2D eigenvalue weighted by atomic mass is 35.5. The summed E-state index contributed by atoms with van der Waals surface area (Å²) in [5.74, 6) is -1.33.